The van der Waals surface area contributed by atoms with Crippen molar-refractivity contribution in [3.8, 4) is 17.2 Å². The predicted molar refractivity (Wildman–Crippen MR) is 114 cm³/mol. The van der Waals surface area contributed by atoms with Gasteiger partial charge in [-0.25, -0.2) is 0 Å². The standard InChI is InChI=1S/C24H24F3NO4/c1-14-8-10-28(11-9-14)13-18-19(29)7-6-17-20(30)22(23(24(25,26)27)32-21(17)18)31-16-5-3-4-15(2)12-16/h3-7,12,14,29H,8-11,13H2,1-2H3. The van der Waals surface area contributed by atoms with Gasteiger partial charge in [0.05, 0.1) is 10.9 Å². The van der Waals surface area contributed by atoms with Crippen molar-refractivity contribution < 1.29 is 27.4 Å². The first-order valence-electron chi connectivity index (χ1n) is 10.5. The molecule has 2 heterocycles. The molecule has 1 aromatic heterocycles. The first-order chi connectivity index (χ1) is 15.1. The summed E-state index contributed by atoms with van der Waals surface area (Å²) < 4.78 is 52.3. The van der Waals surface area contributed by atoms with E-state index >= 15 is 0 Å². The zero-order valence-electron chi connectivity index (χ0n) is 17.8. The first kappa shape index (κ1) is 22.2. The molecule has 1 saturated heterocycles. The van der Waals surface area contributed by atoms with Gasteiger partial charge in [-0.2, -0.15) is 13.2 Å². The number of alkyl halides is 3. The number of likely N-dealkylation sites (tertiary alicyclic amines) is 1. The van der Waals surface area contributed by atoms with Gasteiger partial charge >= 0.3 is 6.18 Å². The number of benzene rings is 2. The smallest absolute Gasteiger partial charge is 0.453 e. The van der Waals surface area contributed by atoms with Gasteiger partial charge in [-0.15, -0.1) is 0 Å². The molecule has 4 rings (SSSR count). The monoisotopic (exact) mass is 447 g/mol. The Morgan fingerprint density at radius 2 is 1.91 bits per heavy atom. The van der Waals surface area contributed by atoms with Crippen LogP contribution in [0, 0.1) is 12.8 Å². The maximum absolute atomic E-state index is 13.9. The predicted octanol–water partition coefficient (Wildman–Crippen LogP) is 5.85. The molecule has 5 nitrogen and oxygen atoms in total. The number of hydrogen-bond acceptors (Lipinski definition) is 5. The van der Waals surface area contributed by atoms with Crippen LogP contribution in [0.4, 0.5) is 13.2 Å². The summed E-state index contributed by atoms with van der Waals surface area (Å²) in [4.78, 5) is 15.1. The van der Waals surface area contributed by atoms with E-state index in [1.165, 1.54) is 24.3 Å². The van der Waals surface area contributed by atoms with Crippen molar-refractivity contribution in [1.29, 1.82) is 0 Å². The summed E-state index contributed by atoms with van der Waals surface area (Å²) in [6.45, 7) is 5.60. The fourth-order valence-corrected chi connectivity index (χ4v) is 3.96. The average Bonchev–Trinajstić information content (AvgIpc) is 2.72. The van der Waals surface area contributed by atoms with Crippen molar-refractivity contribution >= 4 is 11.0 Å². The molecule has 3 aromatic rings. The lowest BCUT2D eigenvalue weighted by atomic mass is 9.98. The van der Waals surface area contributed by atoms with E-state index in [4.69, 9.17) is 9.15 Å². The summed E-state index contributed by atoms with van der Waals surface area (Å²) in [6, 6.07) is 8.96. The lowest BCUT2D eigenvalue weighted by Gasteiger charge is -2.30. The summed E-state index contributed by atoms with van der Waals surface area (Å²) in [5, 5.41) is 10.3. The Labute approximate surface area is 183 Å². The zero-order chi connectivity index (χ0) is 23.0. The molecule has 0 spiro atoms. The van der Waals surface area contributed by atoms with Crippen molar-refractivity contribution in [3.05, 3.63) is 63.5 Å². The van der Waals surface area contributed by atoms with Crippen molar-refractivity contribution in [1.82, 2.24) is 4.90 Å². The molecule has 0 saturated carbocycles. The quantitative estimate of drug-likeness (QED) is 0.544. The van der Waals surface area contributed by atoms with Crippen LogP contribution in [0.5, 0.6) is 17.2 Å². The second-order valence-corrected chi connectivity index (χ2v) is 8.40. The van der Waals surface area contributed by atoms with Gasteiger partial charge in [0, 0.05) is 6.54 Å². The maximum atomic E-state index is 13.9. The molecule has 0 radical (unpaired) electrons. The zero-order valence-corrected chi connectivity index (χ0v) is 17.8. The molecule has 170 valence electrons. The van der Waals surface area contributed by atoms with Crippen LogP contribution in [0.3, 0.4) is 0 Å². The number of aryl methyl sites for hydroxylation is 1. The van der Waals surface area contributed by atoms with E-state index < -0.39 is 23.1 Å². The summed E-state index contributed by atoms with van der Waals surface area (Å²) in [6.07, 6.45) is -3.05. The number of rotatable bonds is 4. The maximum Gasteiger partial charge on any atom is 0.453 e. The van der Waals surface area contributed by atoms with Crippen LogP contribution in [0.1, 0.15) is 36.7 Å². The second-order valence-electron chi connectivity index (χ2n) is 8.40. The van der Waals surface area contributed by atoms with Gasteiger partial charge in [0.15, 0.2) is 0 Å². The highest BCUT2D eigenvalue weighted by molar-refractivity contribution is 5.83. The van der Waals surface area contributed by atoms with E-state index in [0.29, 0.717) is 5.92 Å². The number of fused-ring (bicyclic) bond motifs is 1. The number of hydrogen-bond donors (Lipinski definition) is 1. The Kier molecular flexibility index (Phi) is 5.90. The van der Waals surface area contributed by atoms with Gasteiger partial charge in [-0.1, -0.05) is 19.1 Å². The summed E-state index contributed by atoms with van der Waals surface area (Å²) in [7, 11) is 0. The highest BCUT2D eigenvalue weighted by Crippen LogP contribution is 2.40. The van der Waals surface area contributed by atoms with Crippen LogP contribution in [0.2, 0.25) is 0 Å². The SMILES string of the molecule is Cc1cccc(Oc2c(C(F)(F)F)oc3c(CN4CCC(C)CC4)c(O)ccc3c2=O)c1. The topological polar surface area (TPSA) is 62.9 Å². The number of piperidine rings is 1. The van der Waals surface area contributed by atoms with Gasteiger partial charge in [0.1, 0.15) is 17.1 Å². The molecular weight excluding hydrogens is 423 g/mol. The number of halogens is 3. The Balaban J connectivity index is 1.85. The fourth-order valence-electron chi connectivity index (χ4n) is 3.96. The number of aromatic hydroxyl groups is 1. The first-order valence-corrected chi connectivity index (χ1v) is 10.5. The summed E-state index contributed by atoms with van der Waals surface area (Å²) in [5.74, 6) is -1.97. The molecule has 8 heteroatoms. The fraction of sp³-hybridized carbons (Fsp3) is 0.375. The number of phenols is 1. The van der Waals surface area contributed by atoms with Crippen molar-refractivity contribution in [2.45, 2.75) is 39.4 Å². The minimum atomic E-state index is -4.96. The van der Waals surface area contributed by atoms with Crippen LogP contribution in [0.15, 0.2) is 45.6 Å². The van der Waals surface area contributed by atoms with E-state index in [2.05, 4.69) is 6.92 Å². The highest BCUT2D eigenvalue weighted by Gasteiger charge is 2.41. The van der Waals surface area contributed by atoms with Gasteiger partial charge < -0.3 is 14.3 Å². The van der Waals surface area contributed by atoms with Crippen LogP contribution < -0.4 is 10.2 Å². The van der Waals surface area contributed by atoms with Gasteiger partial charge in [-0.3, -0.25) is 9.69 Å². The molecule has 0 atom stereocenters. The van der Waals surface area contributed by atoms with Crippen LogP contribution in [-0.2, 0) is 12.7 Å². The van der Waals surface area contributed by atoms with Crippen molar-refractivity contribution in [2.75, 3.05) is 13.1 Å². The molecule has 0 unspecified atom stereocenters. The number of ether oxygens (including phenoxy) is 1. The lowest BCUT2D eigenvalue weighted by molar-refractivity contribution is -0.154. The van der Waals surface area contributed by atoms with E-state index in [1.807, 2.05) is 4.90 Å². The van der Waals surface area contributed by atoms with E-state index in [9.17, 15) is 23.1 Å². The molecule has 0 aliphatic carbocycles. The largest absolute Gasteiger partial charge is 0.507 e. The highest BCUT2D eigenvalue weighted by atomic mass is 19.4. The Morgan fingerprint density at radius 3 is 2.56 bits per heavy atom. The third kappa shape index (κ3) is 4.46. The normalized spacial score (nSPS) is 15.9. The lowest BCUT2D eigenvalue weighted by Crippen LogP contribution is -2.32. The number of nitrogens with zero attached hydrogens (tertiary/aromatic N) is 1. The Bertz CT molecular complexity index is 1190. The Hall–Kier alpha value is -3.00. The molecule has 1 aliphatic heterocycles. The molecule has 32 heavy (non-hydrogen) atoms. The second kappa shape index (κ2) is 8.50. The minimum Gasteiger partial charge on any atom is -0.507 e. The molecular formula is C24H24F3NO4. The summed E-state index contributed by atoms with van der Waals surface area (Å²) >= 11 is 0. The molecule has 0 bridgehead atoms. The van der Waals surface area contributed by atoms with E-state index in [-0.39, 0.29) is 34.6 Å². The van der Waals surface area contributed by atoms with Crippen LogP contribution in [-0.4, -0.2) is 23.1 Å². The molecule has 0 amide bonds. The molecule has 1 aliphatic rings. The summed E-state index contributed by atoms with van der Waals surface area (Å²) in [5.41, 5.74) is -0.266. The van der Waals surface area contributed by atoms with E-state index in [1.54, 1.807) is 19.1 Å². The van der Waals surface area contributed by atoms with Gasteiger partial charge in [-0.05, 0) is 68.6 Å². The van der Waals surface area contributed by atoms with E-state index in [0.717, 1.165) is 31.5 Å². The molecule has 2 aromatic carbocycles. The van der Waals surface area contributed by atoms with Gasteiger partial charge in [0.2, 0.25) is 11.2 Å². The average molecular weight is 447 g/mol. The molecule has 1 N–H and O–H groups in total. The van der Waals surface area contributed by atoms with Crippen LogP contribution >= 0.6 is 0 Å². The van der Waals surface area contributed by atoms with Gasteiger partial charge in [0.25, 0.3) is 5.76 Å². The number of phenolic OH excluding ortho intramolecular Hbond substituents is 1. The van der Waals surface area contributed by atoms with Crippen molar-refractivity contribution in [3.63, 3.8) is 0 Å². The minimum absolute atomic E-state index is 0.0705. The van der Waals surface area contributed by atoms with Crippen molar-refractivity contribution in [2.24, 2.45) is 5.92 Å². The third-order valence-corrected chi connectivity index (χ3v) is 5.82. The Morgan fingerprint density at radius 1 is 1.19 bits per heavy atom. The van der Waals surface area contributed by atoms with Crippen LogP contribution in [0.25, 0.3) is 11.0 Å². The molecule has 1 fully saturated rings. The third-order valence-electron chi connectivity index (χ3n) is 5.82.